The number of aromatic carboxylic acids is 1. The molecule has 0 atom stereocenters. The molecule has 0 aliphatic rings. The van der Waals surface area contributed by atoms with E-state index in [4.69, 9.17) is 5.11 Å². The molecule has 0 aromatic carbocycles. The molecule has 1 heterocycles. The number of hydrogen-bond donors (Lipinski definition) is 1. The molecule has 0 saturated heterocycles. The molecule has 5 nitrogen and oxygen atoms in total. The predicted octanol–water partition coefficient (Wildman–Crippen LogP) is 0.143. The van der Waals surface area contributed by atoms with Crippen molar-refractivity contribution < 1.29 is 9.90 Å². The highest BCUT2D eigenvalue weighted by atomic mass is 16.4. The van der Waals surface area contributed by atoms with Gasteiger partial charge in [0.1, 0.15) is 0 Å². The normalized spacial score (nSPS) is 10.7. The van der Waals surface area contributed by atoms with E-state index in [1.54, 1.807) is 10.8 Å². The van der Waals surface area contributed by atoms with Gasteiger partial charge in [0.15, 0.2) is 0 Å². The third kappa shape index (κ3) is 2.55. The van der Waals surface area contributed by atoms with Crippen LogP contribution >= 0.6 is 0 Å². The van der Waals surface area contributed by atoms with E-state index in [2.05, 4.69) is 4.98 Å². The van der Waals surface area contributed by atoms with Crippen molar-refractivity contribution in [3.63, 3.8) is 0 Å². The van der Waals surface area contributed by atoms with E-state index in [1.807, 2.05) is 19.0 Å². The molecule has 13 heavy (non-hydrogen) atoms. The standard InChI is InChI=1S/C8H13N3O2/c1-10(2)5-6-11-4-3-9-7(11)8(12)13/h3-4H,5-6H2,1-2H3,(H,12,13). The molecule has 1 aromatic rings. The van der Waals surface area contributed by atoms with Crippen LogP contribution in [-0.2, 0) is 6.54 Å². The van der Waals surface area contributed by atoms with E-state index in [0.29, 0.717) is 6.54 Å². The first-order chi connectivity index (χ1) is 6.11. The molecule has 0 unspecified atom stereocenters. The Morgan fingerprint density at radius 1 is 1.69 bits per heavy atom. The molecule has 5 heteroatoms. The quantitative estimate of drug-likeness (QED) is 0.721. The fraction of sp³-hybridized carbons (Fsp3) is 0.500. The van der Waals surface area contributed by atoms with E-state index in [0.717, 1.165) is 6.54 Å². The van der Waals surface area contributed by atoms with Gasteiger partial charge in [0.2, 0.25) is 5.82 Å². The Kier molecular flexibility index (Phi) is 3.02. The van der Waals surface area contributed by atoms with Crippen LogP contribution in [0.15, 0.2) is 12.4 Å². The van der Waals surface area contributed by atoms with Gasteiger partial charge < -0.3 is 14.6 Å². The summed E-state index contributed by atoms with van der Waals surface area (Å²) in [6.45, 7) is 1.45. The summed E-state index contributed by atoms with van der Waals surface area (Å²) in [7, 11) is 3.88. The Morgan fingerprint density at radius 2 is 2.38 bits per heavy atom. The summed E-state index contributed by atoms with van der Waals surface area (Å²) in [5.74, 6) is -0.884. The number of nitrogens with zero attached hydrogens (tertiary/aromatic N) is 3. The van der Waals surface area contributed by atoms with Crippen LogP contribution in [-0.4, -0.2) is 46.2 Å². The maximum atomic E-state index is 10.6. The van der Waals surface area contributed by atoms with Crippen LogP contribution in [0, 0.1) is 0 Å². The summed E-state index contributed by atoms with van der Waals surface area (Å²) < 4.78 is 1.63. The number of likely N-dealkylation sites (N-methyl/N-ethyl adjacent to an activating group) is 1. The average molecular weight is 183 g/mol. The Balaban J connectivity index is 2.65. The Morgan fingerprint density at radius 3 is 2.92 bits per heavy atom. The van der Waals surface area contributed by atoms with Crippen LogP contribution in [0.5, 0.6) is 0 Å². The highest BCUT2D eigenvalue weighted by Gasteiger charge is 2.09. The first kappa shape index (κ1) is 9.73. The Bertz CT molecular complexity index is 293. The number of carboxylic acids is 1. The first-order valence-electron chi connectivity index (χ1n) is 4.00. The van der Waals surface area contributed by atoms with Crippen molar-refractivity contribution in [2.75, 3.05) is 20.6 Å². The van der Waals surface area contributed by atoms with Crippen molar-refractivity contribution in [1.82, 2.24) is 14.5 Å². The summed E-state index contributed by atoms with van der Waals surface area (Å²) in [5, 5.41) is 8.72. The van der Waals surface area contributed by atoms with Crippen LogP contribution in [0.2, 0.25) is 0 Å². The van der Waals surface area contributed by atoms with Crippen molar-refractivity contribution in [2.24, 2.45) is 0 Å². The summed E-state index contributed by atoms with van der Waals surface area (Å²) in [5.41, 5.74) is 0. The van der Waals surface area contributed by atoms with Gasteiger partial charge in [-0.3, -0.25) is 0 Å². The molecular formula is C8H13N3O2. The van der Waals surface area contributed by atoms with E-state index < -0.39 is 5.97 Å². The molecule has 1 N–H and O–H groups in total. The zero-order chi connectivity index (χ0) is 9.84. The fourth-order valence-electron chi connectivity index (χ4n) is 0.995. The second-order valence-corrected chi connectivity index (χ2v) is 3.05. The molecule has 0 aliphatic carbocycles. The van der Waals surface area contributed by atoms with E-state index in [1.165, 1.54) is 6.20 Å². The number of hydrogen-bond acceptors (Lipinski definition) is 3. The maximum Gasteiger partial charge on any atom is 0.372 e. The molecular weight excluding hydrogens is 170 g/mol. The summed E-state index contributed by atoms with van der Waals surface area (Å²) >= 11 is 0. The zero-order valence-corrected chi connectivity index (χ0v) is 7.77. The summed E-state index contributed by atoms with van der Waals surface area (Å²) in [6.07, 6.45) is 3.17. The lowest BCUT2D eigenvalue weighted by Crippen LogP contribution is -2.20. The molecule has 0 bridgehead atoms. The lowest BCUT2D eigenvalue weighted by atomic mass is 10.5. The molecule has 0 saturated carbocycles. The Hall–Kier alpha value is -1.36. The van der Waals surface area contributed by atoms with Gasteiger partial charge in [-0.25, -0.2) is 9.78 Å². The molecule has 0 amide bonds. The van der Waals surface area contributed by atoms with E-state index >= 15 is 0 Å². The average Bonchev–Trinajstić information content (AvgIpc) is 2.47. The van der Waals surface area contributed by atoms with Gasteiger partial charge in [-0.05, 0) is 14.1 Å². The van der Waals surface area contributed by atoms with Crippen molar-refractivity contribution in [2.45, 2.75) is 6.54 Å². The van der Waals surface area contributed by atoms with Crippen LogP contribution < -0.4 is 0 Å². The van der Waals surface area contributed by atoms with Gasteiger partial charge >= 0.3 is 5.97 Å². The third-order valence-corrected chi connectivity index (χ3v) is 1.69. The first-order valence-corrected chi connectivity index (χ1v) is 4.00. The largest absolute Gasteiger partial charge is 0.475 e. The zero-order valence-electron chi connectivity index (χ0n) is 7.77. The minimum absolute atomic E-state index is 0.0989. The minimum Gasteiger partial charge on any atom is -0.475 e. The molecule has 1 rings (SSSR count). The third-order valence-electron chi connectivity index (χ3n) is 1.69. The van der Waals surface area contributed by atoms with E-state index in [9.17, 15) is 4.79 Å². The molecule has 72 valence electrons. The molecule has 0 fully saturated rings. The van der Waals surface area contributed by atoms with Crippen LogP contribution in [0.3, 0.4) is 0 Å². The monoisotopic (exact) mass is 183 g/mol. The summed E-state index contributed by atoms with van der Waals surface area (Å²) in [6, 6.07) is 0. The number of rotatable bonds is 4. The molecule has 0 spiro atoms. The van der Waals surface area contributed by atoms with Crippen LogP contribution in [0.4, 0.5) is 0 Å². The maximum absolute atomic E-state index is 10.6. The lowest BCUT2D eigenvalue weighted by molar-refractivity contribution is 0.0677. The van der Waals surface area contributed by atoms with Gasteiger partial charge in [0, 0.05) is 25.5 Å². The van der Waals surface area contributed by atoms with Crippen molar-refractivity contribution >= 4 is 5.97 Å². The van der Waals surface area contributed by atoms with Gasteiger partial charge in [0.05, 0.1) is 0 Å². The van der Waals surface area contributed by atoms with E-state index in [-0.39, 0.29) is 5.82 Å². The number of carboxylic acid groups (broad SMARTS) is 1. The second-order valence-electron chi connectivity index (χ2n) is 3.05. The number of imidazole rings is 1. The van der Waals surface area contributed by atoms with Crippen LogP contribution in [0.1, 0.15) is 10.6 Å². The smallest absolute Gasteiger partial charge is 0.372 e. The lowest BCUT2D eigenvalue weighted by Gasteiger charge is -2.10. The molecule has 0 radical (unpaired) electrons. The predicted molar refractivity (Wildman–Crippen MR) is 47.7 cm³/mol. The molecule has 0 aliphatic heterocycles. The SMILES string of the molecule is CN(C)CCn1ccnc1C(=O)O. The fourth-order valence-corrected chi connectivity index (χ4v) is 0.995. The second kappa shape index (κ2) is 4.04. The van der Waals surface area contributed by atoms with Crippen molar-refractivity contribution in [3.8, 4) is 0 Å². The van der Waals surface area contributed by atoms with Gasteiger partial charge in [0.25, 0.3) is 0 Å². The van der Waals surface area contributed by atoms with Crippen molar-refractivity contribution in [3.05, 3.63) is 18.2 Å². The number of aromatic nitrogens is 2. The topological polar surface area (TPSA) is 58.4 Å². The minimum atomic E-state index is -0.983. The van der Waals surface area contributed by atoms with Gasteiger partial charge in [-0.2, -0.15) is 0 Å². The summed E-state index contributed by atoms with van der Waals surface area (Å²) in [4.78, 5) is 16.4. The van der Waals surface area contributed by atoms with Crippen LogP contribution in [0.25, 0.3) is 0 Å². The van der Waals surface area contributed by atoms with Crippen molar-refractivity contribution in [1.29, 1.82) is 0 Å². The molecule has 1 aromatic heterocycles. The van der Waals surface area contributed by atoms with Gasteiger partial charge in [-0.15, -0.1) is 0 Å². The highest BCUT2D eigenvalue weighted by molar-refractivity contribution is 5.83. The van der Waals surface area contributed by atoms with Gasteiger partial charge in [-0.1, -0.05) is 0 Å². The Labute approximate surface area is 76.6 Å². The highest BCUT2D eigenvalue weighted by Crippen LogP contribution is 1.97. The number of carbonyl (C=O) groups is 1.